The number of rotatable bonds is 4. The van der Waals surface area contributed by atoms with Crippen LogP contribution < -0.4 is 10.6 Å². The number of nitrogens with one attached hydrogen (secondary N) is 2. The van der Waals surface area contributed by atoms with Gasteiger partial charge in [0, 0.05) is 11.3 Å². The van der Waals surface area contributed by atoms with Gasteiger partial charge in [0.1, 0.15) is 0 Å². The summed E-state index contributed by atoms with van der Waals surface area (Å²) in [6.07, 6.45) is 1.04. The molecule has 0 fully saturated rings. The summed E-state index contributed by atoms with van der Waals surface area (Å²) in [6, 6.07) is 15.5. The van der Waals surface area contributed by atoms with Gasteiger partial charge in [-0.2, -0.15) is 0 Å². The fraction of sp³-hybridized carbons (Fsp3) is 0.263. The fourth-order valence-electron chi connectivity index (χ4n) is 2.41. The predicted molar refractivity (Wildman–Crippen MR) is 100 cm³/mol. The van der Waals surface area contributed by atoms with E-state index in [1.807, 2.05) is 43.3 Å². The van der Waals surface area contributed by atoms with Crippen molar-refractivity contribution in [3.63, 3.8) is 0 Å². The standard InChI is InChI=1S/C19H22N2OS/c1-4-13(2)15-10-7-8-12-17(15)20-19(23)21-18(22)16-11-6-5-9-14(16)3/h5-13H,4H2,1-3H3,(H2,20,21,22,23)/t13-/m0/s1. The number of carbonyl (C=O) groups excluding carboxylic acids is 1. The van der Waals surface area contributed by atoms with Crippen molar-refractivity contribution in [2.24, 2.45) is 0 Å². The summed E-state index contributed by atoms with van der Waals surface area (Å²) < 4.78 is 0. The second-order valence-corrected chi connectivity index (χ2v) is 6.03. The third-order valence-corrected chi connectivity index (χ3v) is 4.17. The van der Waals surface area contributed by atoms with Crippen molar-refractivity contribution >= 4 is 28.9 Å². The van der Waals surface area contributed by atoms with Crippen molar-refractivity contribution in [1.29, 1.82) is 0 Å². The maximum atomic E-state index is 12.3. The highest BCUT2D eigenvalue weighted by molar-refractivity contribution is 7.80. The molecule has 0 saturated carbocycles. The van der Waals surface area contributed by atoms with Gasteiger partial charge in [0.15, 0.2) is 5.11 Å². The van der Waals surface area contributed by atoms with E-state index in [2.05, 4.69) is 30.5 Å². The third kappa shape index (κ3) is 4.39. The lowest BCUT2D eigenvalue weighted by Gasteiger charge is -2.17. The number of hydrogen-bond acceptors (Lipinski definition) is 2. The molecule has 0 heterocycles. The van der Waals surface area contributed by atoms with Crippen LogP contribution in [-0.4, -0.2) is 11.0 Å². The van der Waals surface area contributed by atoms with E-state index in [1.165, 1.54) is 5.56 Å². The van der Waals surface area contributed by atoms with Gasteiger partial charge in [-0.3, -0.25) is 10.1 Å². The normalized spacial score (nSPS) is 11.6. The molecule has 0 radical (unpaired) electrons. The Hall–Kier alpha value is -2.20. The lowest BCUT2D eigenvalue weighted by atomic mass is 9.97. The zero-order valence-electron chi connectivity index (χ0n) is 13.7. The molecule has 0 aliphatic rings. The van der Waals surface area contributed by atoms with E-state index in [9.17, 15) is 4.79 Å². The minimum Gasteiger partial charge on any atom is -0.332 e. The number of para-hydroxylation sites is 1. The zero-order chi connectivity index (χ0) is 16.8. The quantitative estimate of drug-likeness (QED) is 0.805. The van der Waals surface area contributed by atoms with Crippen molar-refractivity contribution in [3.05, 3.63) is 65.2 Å². The SMILES string of the molecule is CC[C@H](C)c1ccccc1NC(=S)NC(=O)c1ccccc1C. The number of benzene rings is 2. The van der Waals surface area contributed by atoms with Crippen LogP contribution in [0.25, 0.3) is 0 Å². The van der Waals surface area contributed by atoms with Crippen LogP contribution in [0, 0.1) is 6.92 Å². The topological polar surface area (TPSA) is 41.1 Å². The molecule has 0 aromatic heterocycles. The first-order valence-corrected chi connectivity index (χ1v) is 8.20. The number of anilines is 1. The minimum atomic E-state index is -0.193. The fourth-order valence-corrected chi connectivity index (χ4v) is 2.61. The molecule has 4 heteroatoms. The third-order valence-electron chi connectivity index (χ3n) is 3.97. The molecule has 2 N–H and O–H groups in total. The Morgan fingerprint density at radius 1 is 1.13 bits per heavy atom. The van der Waals surface area contributed by atoms with Gasteiger partial charge in [0.2, 0.25) is 0 Å². The van der Waals surface area contributed by atoms with Gasteiger partial charge in [-0.25, -0.2) is 0 Å². The molecular weight excluding hydrogens is 304 g/mol. The Bertz CT molecular complexity index is 712. The summed E-state index contributed by atoms with van der Waals surface area (Å²) in [5.74, 6) is 0.232. The van der Waals surface area contributed by atoms with Gasteiger partial charge in [0.05, 0.1) is 0 Å². The van der Waals surface area contributed by atoms with Gasteiger partial charge < -0.3 is 5.32 Å². The number of amides is 1. The van der Waals surface area contributed by atoms with Gasteiger partial charge in [-0.15, -0.1) is 0 Å². The molecule has 2 aromatic carbocycles. The molecule has 0 spiro atoms. The van der Waals surface area contributed by atoms with Gasteiger partial charge in [-0.1, -0.05) is 50.2 Å². The average molecular weight is 326 g/mol. The molecule has 120 valence electrons. The molecular formula is C19H22N2OS. The molecule has 3 nitrogen and oxygen atoms in total. The van der Waals surface area contributed by atoms with Crippen LogP contribution in [-0.2, 0) is 0 Å². The smallest absolute Gasteiger partial charge is 0.257 e. The summed E-state index contributed by atoms with van der Waals surface area (Å²) in [4.78, 5) is 12.3. The highest BCUT2D eigenvalue weighted by Gasteiger charge is 2.12. The molecule has 0 unspecified atom stereocenters. The summed E-state index contributed by atoms with van der Waals surface area (Å²) >= 11 is 5.29. The van der Waals surface area contributed by atoms with Crippen LogP contribution in [0.1, 0.15) is 47.7 Å². The Kier molecular flexibility index (Phi) is 5.88. The Morgan fingerprint density at radius 3 is 2.48 bits per heavy atom. The van der Waals surface area contributed by atoms with Crippen molar-refractivity contribution in [2.45, 2.75) is 33.1 Å². The van der Waals surface area contributed by atoms with Gasteiger partial charge in [-0.05, 0) is 54.7 Å². The van der Waals surface area contributed by atoms with Crippen LogP contribution in [0.2, 0.25) is 0 Å². The highest BCUT2D eigenvalue weighted by atomic mass is 32.1. The van der Waals surface area contributed by atoms with Crippen LogP contribution in [0.15, 0.2) is 48.5 Å². The molecule has 2 rings (SSSR count). The molecule has 0 aliphatic heterocycles. The first-order valence-electron chi connectivity index (χ1n) is 7.79. The van der Waals surface area contributed by atoms with Crippen molar-refractivity contribution in [1.82, 2.24) is 5.32 Å². The largest absolute Gasteiger partial charge is 0.332 e. The summed E-state index contributed by atoms with van der Waals surface area (Å²) in [5, 5.41) is 6.21. The second-order valence-electron chi connectivity index (χ2n) is 5.62. The van der Waals surface area contributed by atoms with Crippen molar-refractivity contribution < 1.29 is 4.79 Å². The van der Waals surface area contributed by atoms with Crippen LogP contribution in [0.4, 0.5) is 5.69 Å². The molecule has 0 bridgehead atoms. The molecule has 23 heavy (non-hydrogen) atoms. The first-order chi connectivity index (χ1) is 11.0. The highest BCUT2D eigenvalue weighted by Crippen LogP contribution is 2.26. The number of thiocarbonyl (C=S) groups is 1. The van der Waals surface area contributed by atoms with Crippen molar-refractivity contribution in [2.75, 3.05) is 5.32 Å². The van der Waals surface area contributed by atoms with E-state index in [4.69, 9.17) is 12.2 Å². The molecule has 0 aliphatic carbocycles. The van der Waals surface area contributed by atoms with Crippen LogP contribution in [0.3, 0.4) is 0 Å². The zero-order valence-corrected chi connectivity index (χ0v) is 14.5. The van der Waals surface area contributed by atoms with Gasteiger partial charge in [0.25, 0.3) is 5.91 Å². The molecule has 2 aromatic rings. The lowest BCUT2D eigenvalue weighted by molar-refractivity contribution is 0.0977. The van der Waals surface area contributed by atoms with E-state index < -0.39 is 0 Å². The van der Waals surface area contributed by atoms with E-state index in [1.54, 1.807) is 6.07 Å². The minimum absolute atomic E-state index is 0.193. The molecule has 0 saturated heterocycles. The van der Waals surface area contributed by atoms with E-state index in [0.717, 1.165) is 17.7 Å². The van der Waals surface area contributed by atoms with Gasteiger partial charge >= 0.3 is 0 Å². The summed E-state index contributed by atoms with van der Waals surface area (Å²) in [6.45, 7) is 6.23. The summed E-state index contributed by atoms with van der Waals surface area (Å²) in [7, 11) is 0. The number of aryl methyl sites for hydroxylation is 1. The monoisotopic (exact) mass is 326 g/mol. The van der Waals surface area contributed by atoms with Crippen molar-refractivity contribution in [3.8, 4) is 0 Å². The Balaban J connectivity index is 2.09. The van der Waals surface area contributed by atoms with Crippen LogP contribution >= 0.6 is 12.2 Å². The molecule has 1 amide bonds. The molecule has 1 atom stereocenters. The number of carbonyl (C=O) groups is 1. The number of hydrogen-bond donors (Lipinski definition) is 2. The Morgan fingerprint density at radius 2 is 1.78 bits per heavy atom. The average Bonchev–Trinajstić information content (AvgIpc) is 2.54. The summed E-state index contributed by atoms with van der Waals surface area (Å²) in [5.41, 5.74) is 3.69. The first kappa shape index (κ1) is 17.2. The second kappa shape index (κ2) is 7.88. The maximum absolute atomic E-state index is 12.3. The Labute approximate surface area is 143 Å². The predicted octanol–water partition coefficient (Wildman–Crippen LogP) is 4.64. The maximum Gasteiger partial charge on any atom is 0.257 e. The van der Waals surface area contributed by atoms with E-state index in [0.29, 0.717) is 16.6 Å². The van der Waals surface area contributed by atoms with E-state index >= 15 is 0 Å². The van der Waals surface area contributed by atoms with Crippen LogP contribution in [0.5, 0.6) is 0 Å². The van der Waals surface area contributed by atoms with E-state index in [-0.39, 0.29) is 5.91 Å². The lowest BCUT2D eigenvalue weighted by Crippen LogP contribution is -2.34.